The number of hydrogen-bond donors (Lipinski definition) is 3. The number of halogens is 4. The maximum absolute atomic E-state index is 14.8. The minimum absolute atomic E-state index is 0.0502. The zero-order chi connectivity index (χ0) is 27.1. The monoisotopic (exact) mass is 631 g/mol. The third-order valence-electron chi connectivity index (χ3n) is 7.21. The summed E-state index contributed by atoms with van der Waals surface area (Å²) in [4.78, 5) is 27.7. The first-order chi connectivity index (χ1) is 17.3. The molecule has 0 saturated carbocycles. The van der Waals surface area contributed by atoms with E-state index in [1.54, 1.807) is 6.07 Å². The Morgan fingerprint density at radius 1 is 1.14 bits per heavy atom. The minimum atomic E-state index is -1.31. The fraction of sp³-hybridized carbons (Fsp3) is 0.462. The lowest BCUT2D eigenvalue weighted by atomic mass is 9.69. The molecule has 200 valence electrons. The molecular formula is C26H29F3IN3O4. The highest BCUT2D eigenvalue weighted by Gasteiger charge is 2.50. The Kier molecular flexibility index (Phi) is 7.67. The van der Waals surface area contributed by atoms with Crippen LogP contribution in [0.25, 0.3) is 0 Å². The number of anilines is 2. The second-order valence-electron chi connectivity index (χ2n) is 10.6. The molecule has 0 bridgehead atoms. The van der Waals surface area contributed by atoms with Crippen molar-refractivity contribution in [2.75, 3.05) is 25.0 Å². The van der Waals surface area contributed by atoms with Gasteiger partial charge in [-0.25, -0.2) is 18.0 Å². The van der Waals surface area contributed by atoms with Crippen molar-refractivity contribution in [2.24, 2.45) is 5.41 Å². The molecule has 7 nitrogen and oxygen atoms in total. The standard InChI is InChI=1S/C26H29F3IN3O4/c1-25(2,20-5-3-4-10-33(20)24(35)36)12-26(37)13-32(14-26)23(34)16-7-8-17(27)21(29)22(16)31-19-9-6-15(30)11-18(19)28/h6-9,11,20,31,37H,3-5,10,12-14H2,1-2H3,(H,35,36)/t20-/m1/s1. The van der Waals surface area contributed by atoms with Crippen LogP contribution < -0.4 is 5.32 Å². The Labute approximate surface area is 226 Å². The van der Waals surface area contributed by atoms with Crippen LogP contribution in [0, 0.1) is 26.4 Å². The van der Waals surface area contributed by atoms with Gasteiger partial charge >= 0.3 is 6.09 Å². The van der Waals surface area contributed by atoms with Crippen LogP contribution in [0.5, 0.6) is 0 Å². The molecule has 2 aliphatic rings. The van der Waals surface area contributed by atoms with Crippen molar-refractivity contribution >= 4 is 46.0 Å². The first-order valence-corrected chi connectivity index (χ1v) is 13.1. The quantitative estimate of drug-likeness (QED) is 0.362. The molecule has 2 fully saturated rings. The Balaban J connectivity index is 1.50. The van der Waals surface area contributed by atoms with E-state index in [-0.39, 0.29) is 36.8 Å². The molecular weight excluding hydrogens is 602 g/mol. The van der Waals surface area contributed by atoms with Crippen LogP contribution in [0.4, 0.5) is 29.3 Å². The van der Waals surface area contributed by atoms with Crippen LogP contribution in [-0.2, 0) is 0 Å². The molecule has 3 N–H and O–H groups in total. The SMILES string of the molecule is CC(C)(CC1(O)CN(C(=O)c2ccc(F)c(F)c2Nc2ccc(I)cc2F)C1)[C@H]1CCCCN1C(=O)O. The predicted molar refractivity (Wildman–Crippen MR) is 140 cm³/mol. The fourth-order valence-electron chi connectivity index (χ4n) is 5.61. The number of aliphatic hydroxyl groups is 1. The first-order valence-electron chi connectivity index (χ1n) is 12.0. The topological polar surface area (TPSA) is 93.1 Å². The number of benzene rings is 2. The van der Waals surface area contributed by atoms with E-state index in [1.165, 1.54) is 21.9 Å². The van der Waals surface area contributed by atoms with Gasteiger partial charge in [-0.15, -0.1) is 0 Å². The van der Waals surface area contributed by atoms with Crippen molar-refractivity contribution < 1.29 is 33.0 Å². The molecule has 37 heavy (non-hydrogen) atoms. The van der Waals surface area contributed by atoms with Gasteiger partial charge in [0.15, 0.2) is 11.6 Å². The van der Waals surface area contributed by atoms with Gasteiger partial charge in [0.05, 0.1) is 30.0 Å². The summed E-state index contributed by atoms with van der Waals surface area (Å²) in [7, 11) is 0. The van der Waals surface area contributed by atoms with Gasteiger partial charge in [-0.3, -0.25) is 4.79 Å². The second-order valence-corrected chi connectivity index (χ2v) is 11.8. The van der Waals surface area contributed by atoms with Gasteiger partial charge in [-0.1, -0.05) is 13.8 Å². The van der Waals surface area contributed by atoms with Crippen molar-refractivity contribution in [2.45, 2.75) is 51.2 Å². The van der Waals surface area contributed by atoms with Crippen LogP contribution in [0.2, 0.25) is 0 Å². The van der Waals surface area contributed by atoms with E-state index in [2.05, 4.69) is 5.32 Å². The van der Waals surface area contributed by atoms with Crippen molar-refractivity contribution in [3.8, 4) is 0 Å². The van der Waals surface area contributed by atoms with Gasteiger partial charge in [0, 0.05) is 16.2 Å². The van der Waals surface area contributed by atoms with Crippen LogP contribution in [0.3, 0.4) is 0 Å². The normalized spacial score (nSPS) is 19.4. The molecule has 4 rings (SSSR count). The summed E-state index contributed by atoms with van der Waals surface area (Å²) in [6.07, 6.45) is 1.65. The minimum Gasteiger partial charge on any atom is -0.465 e. The number of amides is 2. The fourth-order valence-corrected chi connectivity index (χ4v) is 6.06. The first kappa shape index (κ1) is 27.5. The molecule has 2 aliphatic heterocycles. The number of carbonyl (C=O) groups is 2. The zero-order valence-electron chi connectivity index (χ0n) is 20.5. The number of piperidine rings is 1. The highest BCUT2D eigenvalue weighted by molar-refractivity contribution is 14.1. The zero-order valence-corrected chi connectivity index (χ0v) is 22.7. The lowest BCUT2D eigenvalue weighted by Gasteiger charge is -2.52. The molecule has 2 heterocycles. The van der Waals surface area contributed by atoms with Gasteiger partial charge in [-0.05, 0) is 84.0 Å². The van der Waals surface area contributed by atoms with Crippen LogP contribution in [0.1, 0.15) is 49.9 Å². The Morgan fingerprint density at radius 3 is 2.49 bits per heavy atom. The number of carboxylic acid groups (broad SMARTS) is 1. The van der Waals surface area contributed by atoms with E-state index in [4.69, 9.17) is 0 Å². The lowest BCUT2D eigenvalue weighted by Crippen LogP contribution is -2.66. The van der Waals surface area contributed by atoms with E-state index in [1.807, 2.05) is 36.4 Å². The predicted octanol–water partition coefficient (Wildman–Crippen LogP) is 5.59. The Morgan fingerprint density at radius 2 is 1.84 bits per heavy atom. The maximum Gasteiger partial charge on any atom is 0.407 e. The van der Waals surface area contributed by atoms with E-state index in [0.717, 1.165) is 25.0 Å². The number of rotatable bonds is 6. The smallest absolute Gasteiger partial charge is 0.407 e. The average Bonchev–Trinajstić information content (AvgIpc) is 2.81. The summed E-state index contributed by atoms with van der Waals surface area (Å²) < 4.78 is 43.8. The molecule has 2 saturated heterocycles. The van der Waals surface area contributed by atoms with Gasteiger partial charge in [0.2, 0.25) is 0 Å². The number of carbonyl (C=O) groups excluding carboxylic acids is 1. The molecule has 0 radical (unpaired) electrons. The number of hydrogen-bond acceptors (Lipinski definition) is 4. The third-order valence-corrected chi connectivity index (χ3v) is 7.88. The van der Waals surface area contributed by atoms with Crippen LogP contribution >= 0.6 is 22.6 Å². The summed E-state index contributed by atoms with van der Waals surface area (Å²) in [5, 5.41) is 23.3. The van der Waals surface area contributed by atoms with Crippen molar-refractivity contribution in [1.82, 2.24) is 9.80 Å². The largest absolute Gasteiger partial charge is 0.465 e. The summed E-state index contributed by atoms with van der Waals surface area (Å²) in [6.45, 7) is 4.17. The van der Waals surface area contributed by atoms with Crippen LogP contribution in [-0.4, -0.2) is 63.3 Å². The molecule has 1 atom stereocenters. The molecule has 0 aliphatic carbocycles. The molecule has 0 aromatic heterocycles. The number of β-amino-alcohol motifs (C(OH)–C–C–N with tert-alkyl or cyclic N) is 1. The van der Waals surface area contributed by atoms with E-state index < -0.39 is 46.2 Å². The summed E-state index contributed by atoms with van der Waals surface area (Å²) in [5.41, 5.74) is -2.60. The molecule has 2 amide bonds. The van der Waals surface area contributed by atoms with Crippen molar-refractivity contribution in [1.29, 1.82) is 0 Å². The van der Waals surface area contributed by atoms with Crippen molar-refractivity contribution in [3.05, 3.63) is 56.9 Å². The van der Waals surface area contributed by atoms with Gasteiger partial charge in [-0.2, -0.15) is 0 Å². The Hall–Kier alpha value is -2.54. The lowest BCUT2D eigenvalue weighted by molar-refractivity contribution is -0.115. The molecule has 2 aromatic carbocycles. The second kappa shape index (κ2) is 10.3. The Bertz CT molecular complexity index is 1220. The van der Waals surface area contributed by atoms with E-state index >= 15 is 0 Å². The molecule has 0 spiro atoms. The maximum atomic E-state index is 14.8. The highest BCUT2D eigenvalue weighted by Crippen LogP contribution is 2.42. The molecule has 11 heteroatoms. The highest BCUT2D eigenvalue weighted by atomic mass is 127. The van der Waals surface area contributed by atoms with Crippen molar-refractivity contribution in [3.63, 3.8) is 0 Å². The van der Waals surface area contributed by atoms with E-state index in [9.17, 15) is 33.0 Å². The molecule has 0 unspecified atom stereocenters. The van der Waals surface area contributed by atoms with Gasteiger partial charge in [0.25, 0.3) is 5.91 Å². The van der Waals surface area contributed by atoms with Gasteiger partial charge < -0.3 is 25.3 Å². The number of nitrogens with one attached hydrogen (secondary N) is 1. The summed E-state index contributed by atoms with van der Waals surface area (Å²) in [6, 6.07) is 5.86. The summed E-state index contributed by atoms with van der Waals surface area (Å²) >= 11 is 1.92. The van der Waals surface area contributed by atoms with Crippen LogP contribution in [0.15, 0.2) is 30.3 Å². The van der Waals surface area contributed by atoms with E-state index in [0.29, 0.717) is 16.5 Å². The number of nitrogens with zero attached hydrogens (tertiary/aromatic N) is 2. The number of likely N-dealkylation sites (tertiary alicyclic amines) is 2. The van der Waals surface area contributed by atoms with Gasteiger partial charge in [0.1, 0.15) is 11.4 Å². The summed E-state index contributed by atoms with van der Waals surface area (Å²) in [5.74, 6) is -3.83. The molecule has 2 aromatic rings. The third kappa shape index (κ3) is 5.66. The average molecular weight is 631 g/mol.